The number of aliphatic hydroxyl groups excluding tert-OH is 1. The van der Waals surface area contributed by atoms with E-state index in [0.717, 1.165) is 30.9 Å². The predicted molar refractivity (Wildman–Crippen MR) is 291 cm³/mol. The molecule has 1 saturated heterocycles. The van der Waals surface area contributed by atoms with Gasteiger partial charge in [0.25, 0.3) is 10.1 Å². The third-order valence-electron chi connectivity index (χ3n) is 13.2. The van der Waals surface area contributed by atoms with Gasteiger partial charge in [-0.2, -0.15) is 13.1 Å². The van der Waals surface area contributed by atoms with Gasteiger partial charge in [0.15, 0.2) is 0 Å². The van der Waals surface area contributed by atoms with Crippen LogP contribution in [-0.4, -0.2) is 249 Å². The molecule has 1 aromatic carbocycles. The van der Waals surface area contributed by atoms with Crippen molar-refractivity contribution in [3.63, 3.8) is 0 Å². The maximum absolute atomic E-state index is 13.5. The number of benzene rings is 1. The first-order valence-corrected chi connectivity index (χ1v) is 29.6. The molecular formula is C50H77N11O18S2. The lowest BCUT2D eigenvalue weighted by molar-refractivity contribution is -0.140. The summed E-state index contributed by atoms with van der Waals surface area (Å²) >= 11 is 0. The zero-order chi connectivity index (χ0) is 59.7. The summed E-state index contributed by atoms with van der Waals surface area (Å²) in [5.41, 5.74) is 2.55. The number of aryl methyl sites for hydroxylation is 4. The van der Waals surface area contributed by atoms with Crippen LogP contribution >= 0.6 is 0 Å². The van der Waals surface area contributed by atoms with Gasteiger partial charge in [0, 0.05) is 97.1 Å². The van der Waals surface area contributed by atoms with E-state index < -0.39 is 112 Å². The van der Waals surface area contributed by atoms with E-state index in [9.17, 15) is 80.2 Å². The molecule has 4 rings (SSSR count). The van der Waals surface area contributed by atoms with Crippen LogP contribution in [-0.2, 0) is 71.3 Å². The Morgan fingerprint density at radius 1 is 0.753 bits per heavy atom. The number of aromatic nitrogens is 1. The van der Waals surface area contributed by atoms with Gasteiger partial charge in [-0.3, -0.25) is 57.7 Å². The lowest BCUT2D eigenvalue weighted by atomic mass is 10.1. The number of hydrogen-bond donors (Lipinski definition) is 11. The summed E-state index contributed by atoms with van der Waals surface area (Å²) < 4.78 is 68.5. The summed E-state index contributed by atoms with van der Waals surface area (Å²) in [4.78, 5) is 110. The van der Waals surface area contributed by atoms with E-state index in [1.807, 2.05) is 6.07 Å². The number of aliphatic carboxylic acids is 3. The number of carbonyl (C=O) groups excluding carboxylic acids is 5. The average molecular weight is 1180 g/mol. The Bertz CT molecular complexity index is 2700. The first-order valence-electron chi connectivity index (χ1n) is 26.5. The first-order chi connectivity index (χ1) is 38.4. The largest absolute Gasteiger partial charge is 0.494 e. The van der Waals surface area contributed by atoms with Crippen LogP contribution in [0.1, 0.15) is 60.9 Å². The minimum atomic E-state index is -4.84. The molecule has 2 aromatic rings. The monoisotopic (exact) mass is 1180 g/mol. The molecule has 31 heteroatoms. The standard InChI is InChI=1S/C50H77N11O18S2/c1-34-25-39(26-35(2)47(34)81(77,78)57-40(50(72)73)27-54-43(65)9-4-3-8-37-12-11-36-7-5-13-52-48(36)55-37)79-24-6-10-42(64)51-14-15-53-49(71)41(33-80(74,75)76)56-44(66)28-58-16-17-59(29-45(67)68)18-19-60(30-46(69)70)21-23-61(22-20-58)38(31-62)32-63/h11-12,25-26,31,38,40-41,57,63H,3-10,13-24,27-30,32-33H2,1-2H3,(H,51,64)(H,52,55)(H,53,71)(H,54,65)(H,56,66)(H,67,68)(H,69,70)(H,72,73)(H,74,75,76)/t38?,40-,41?/m0/s1. The minimum absolute atomic E-state index is 0.0130. The molecule has 0 bridgehead atoms. The predicted octanol–water partition coefficient (Wildman–Crippen LogP) is -2.97. The molecule has 4 amide bonds. The van der Waals surface area contributed by atoms with Gasteiger partial charge in [-0.15, -0.1) is 0 Å². The molecule has 2 aliphatic heterocycles. The van der Waals surface area contributed by atoms with Crippen LogP contribution in [0, 0.1) is 13.8 Å². The lowest BCUT2D eigenvalue weighted by Gasteiger charge is -2.34. The molecule has 11 N–H and O–H groups in total. The number of nitrogens with zero attached hydrogens (tertiary/aromatic N) is 5. The number of hydrogen-bond acceptors (Lipinski definition) is 20. The van der Waals surface area contributed by atoms with Crippen LogP contribution in [0.25, 0.3) is 0 Å². The molecule has 1 aromatic heterocycles. The molecule has 29 nitrogen and oxygen atoms in total. The van der Waals surface area contributed by atoms with Crippen molar-refractivity contribution in [1.82, 2.24) is 50.6 Å². The van der Waals surface area contributed by atoms with Crippen molar-refractivity contribution in [2.45, 2.75) is 88.2 Å². The number of pyridine rings is 1. The van der Waals surface area contributed by atoms with E-state index in [0.29, 0.717) is 25.5 Å². The first kappa shape index (κ1) is 67.1. The number of carboxylic acid groups (broad SMARTS) is 3. The number of carbonyl (C=O) groups is 8. The zero-order valence-electron chi connectivity index (χ0n) is 45.6. The van der Waals surface area contributed by atoms with Gasteiger partial charge in [-0.25, -0.2) is 13.4 Å². The third-order valence-corrected chi connectivity index (χ3v) is 15.7. The molecule has 1 fully saturated rings. The second-order valence-corrected chi connectivity index (χ2v) is 22.9. The van der Waals surface area contributed by atoms with Crippen LogP contribution in [0.2, 0.25) is 0 Å². The van der Waals surface area contributed by atoms with Crippen molar-refractivity contribution in [2.75, 3.05) is 122 Å². The molecule has 3 atom stereocenters. The summed E-state index contributed by atoms with van der Waals surface area (Å²) in [6.07, 6.45) is 4.63. The van der Waals surface area contributed by atoms with Crippen LogP contribution in [0.4, 0.5) is 5.82 Å². The number of ether oxygens (including phenoxy) is 1. The number of aldehydes is 1. The maximum Gasteiger partial charge on any atom is 0.323 e. The molecule has 0 spiro atoms. The highest BCUT2D eigenvalue weighted by molar-refractivity contribution is 7.89. The third kappa shape index (κ3) is 24.7. The van der Waals surface area contributed by atoms with Gasteiger partial charge >= 0.3 is 17.9 Å². The van der Waals surface area contributed by atoms with E-state index in [4.69, 9.17) is 4.74 Å². The molecule has 3 heterocycles. The molecule has 452 valence electrons. The smallest absolute Gasteiger partial charge is 0.323 e. The van der Waals surface area contributed by atoms with Crippen molar-refractivity contribution >= 4 is 73.8 Å². The average Bonchev–Trinajstić information content (AvgIpc) is 3.38. The van der Waals surface area contributed by atoms with Crippen molar-refractivity contribution in [3.05, 3.63) is 46.6 Å². The second kappa shape index (κ2) is 33.5. The number of amides is 4. The van der Waals surface area contributed by atoms with Crippen molar-refractivity contribution in [1.29, 1.82) is 0 Å². The highest BCUT2D eigenvalue weighted by Crippen LogP contribution is 2.26. The fraction of sp³-hybridized carbons (Fsp3) is 0.620. The number of unbranched alkanes of at least 4 members (excludes halogenated alkanes) is 1. The van der Waals surface area contributed by atoms with Crippen LogP contribution < -0.4 is 36.0 Å². The summed E-state index contributed by atoms with van der Waals surface area (Å²) in [6, 6.07) is 2.46. The summed E-state index contributed by atoms with van der Waals surface area (Å²) in [5, 5.41) is 51.7. The number of carboxylic acids is 3. The lowest BCUT2D eigenvalue weighted by Crippen LogP contribution is -2.55. The van der Waals surface area contributed by atoms with Crippen LogP contribution in [0.15, 0.2) is 29.2 Å². The van der Waals surface area contributed by atoms with Crippen molar-refractivity contribution in [2.24, 2.45) is 0 Å². The van der Waals surface area contributed by atoms with Gasteiger partial charge in [-0.1, -0.05) is 6.07 Å². The van der Waals surface area contributed by atoms with Gasteiger partial charge in [-0.05, 0) is 87.3 Å². The fourth-order valence-corrected chi connectivity index (χ4v) is 11.4. The SMILES string of the molecule is Cc1cc(OCCCC(=O)NCCNC(=O)C(CS(=O)(=O)O)NC(=O)CN2CCN(CC(=O)O)CCN(CC(=O)O)CCN(C(C=O)CO)CC2)cc(C)c1S(=O)(=O)N[C@@H](CNC(=O)CCCCc1ccc2c(n1)NCCC2)C(=O)O. The minimum Gasteiger partial charge on any atom is -0.494 e. The van der Waals surface area contributed by atoms with Crippen molar-refractivity contribution in [3.8, 4) is 5.75 Å². The Kier molecular flexibility index (Phi) is 27.7. The normalized spacial score (nSPS) is 16.4. The molecule has 0 aliphatic carbocycles. The molecule has 0 radical (unpaired) electrons. The number of rotatable bonds is 32. The number of aliphatic hydroxyl groups is 1. The Labute approximate surface area is 470 Å². The fourth-order valence-electron chi connectivity index (χ4n) is 9.09. The Balaban J connectivity index is 1.21. The van der Waals surface area contributed by atoms with Gasteiger partial charge in [0.2, 0.25) is 33.7 Å². The molecule has 81 heavy (non-hydrogen) atoms. The molecule has 2 unspecified atom stereocenters. The molecular weight excluding hydrogens is 1110 g/mol. The quantitative estimate of drug-likeness (QED) is 0.0198. The number of fused-ring (bicyclic) bond motifs is 1. The number of sulfonamides is 1. The number of anilines is 1. The van der Waals surface area contributed by atoms with E-state index in [1.165, 1.54) is 36.4 Å². The second-order valence-electron chi connectivity index (χ2n) is 19.7. The topological polar surface area (TPSA) is 413 Å². The highest BCUT2D eigenvalue weighted by Gasteiger charge is 2.31. The van der Waals surface area contributed by atoms with Gasteiger partial charge in [0.05, 0.1) is 43.8 Å². The van der Waals surface area contributed by atoms with E-state index >= 15 is 0 Å². The Morgan fingerprint density at radius 3 is 1.91 bits per heavy atom. The van der Waals surface area contributed by atoms with Crippen LogP contribution in [0.5, 0.6) is 5.75 Å². The van der Waals surface area contributed by atoms with E-state index in [-0.39, 0.29) is 120 Å². The highest BCUT2D eigenvalue weighted by atomic mass is 32.2. The molecule has 0 saturated carbocycles. The molecule has 2 aliphatic rings. The maximum atomic E-state index is 13.5. The number of nitrogens with one attached hydrogen (secondary N) is 6. The van der Waals surface area contributed by atoms with Gasteiger partial charge in [0.1, 0.15) is 35.7 Å². The van der Waals surface area contributed by atoms with E-state index in [1.54, 1.807) is 14.7 Å². The zero-order valence-corrected chi connectivity index (χ0v) is 47.2. The van der Waals surface area contributed by atoms with Gasteiger partial charge < -0.3 is 56.5 Å². The van der Waals surface area contributed by atoms with Crippen LogP contribution in [0.3, 0.4) is 0 Å². The summed E-state index contributed by atoms with van der Waals surface area (Å²) in [6.45, 7) is 2.00. The van der Waals surface area contributed by atoms with Crippen molar-refractivity contribution < 1.29 is 84.9 Å². The summed E-state index contributed by atoms with van der Waals surface area (Å²) in [7, 11) is -9.26. The summed E-state index contributed by atoms with van der Waals surface area (Å²) in [5.74, 6) is -6.59. The Morgan fingerprint density at radius 2 is 1.33 bits per heavy atom. The Hall–Kier alpha value is -6.45. The van der Waals surface area contributed by atoms with E-state index in [2.05, 4.69) is 42.4 Å².